The molecule has 0 bridgehead atoms. The molecule has 0 aliphatic rings. The highest BCUT2D eigenvalue weighted by molar-refractivity contribution is 7.09. The molecule has 0 spiro atoms. The molecule has 1 amide bonds. The summed E-state index contributed by atoms with van der Waals surface area (Å²) < 4.78 is 5.11. The molecule has 5 nitrogen and oxygen atoms in total. The second-order valence-corrected chi connectivity index (χ2v) is 7.21. The number of nitrogens with one attached hydrogen (secondary N) is 1. The molecule has 142 valence electrons. The maximum absolute atomic E-state index is 12.8. The Morgan fingerprint density at radius 2 is 1.64 bits per heavy atom. The topological polar surface area (TPSA) is 72.5 Å². The van der Waals surface area contributed by atoms with Gasteiger partial charge in [0.1, 0.15) is 0 Å². The maximum Gasteiger partial charge on any atom is 0.339 e. The molecule has 6 heteroatoms. The SMILES string of the molecule is Cc1ccc(C(=O)c2ccccc2C(=O)OCC(=O)NCc2cccs2)cc1. The normalized spacial score (nSPS) is 10.3. The first-order valence-electron chi connectivity index (χ1n) is 8.71. The lowest BCUT2D eigenvalue weighted by atomic mass is 9.98. The summed E-state index contributed by atoms with van der Waals surface area (Å²) in [5.41, 5.74) is 1.91. The summed E-state index contributed by atoms with van der Waals surface area (Å²) in [7, 11) is 0. The average Bonchev–Trinajstić information content (AvgIpc) is 3.24. The van der Waals surface area contributed by atoms with E-state index in [0.717, 1.165) is 10.4 Å². The first-order chi connectivity index (χ1) is 13.5. The quantitative estimate of drug-likeness (QED) is 0.490. The summed E-state index contributed by atoms with van der Waals surface area (Å²) in [6.45, 7) is 1.91. The van der Waals surface area contributed by atoms with Gasteiger partial charge in [0, 0.05) is 16.0 Å². The summed E-state index contributed by atoms with van der Waals surface area (Å²) in [4.78, 5) is 38.1. The maximum atomic E-state index is 12.8. The van der Waals surface area contributed by atoms with Crippen molar-refractivity contribution >= 4 is 29.0 Å². The fourth-order valence-electron chi connectivity index (χ4n) is 2.58. The Bertz CT molecular complexity index is 978. The van der Waals surface area contributed by atoms with Crippen LogP contribution >= 0.6 is 11.3 Å². The van der Waals surface area contributed by atoms with E-state index in [-0.39, 0.29) is 16.9 Å². The van der Waals surface area contributed by atoms with Gasteiger partial charge in [-0.25, -0.2) is 4.79 Å². The van der Waals surface area contributed by atoms with E-state index >= 15 is 0 Å². The van der Waals surface area contributed by atoms with Crippen LogP contribution in [-0.4, -0.2) is 24.3 Å². The highest BCUT2D eigenvalue weighted by atomic mass is 32.1. The van der Waals surface area contributed by atoms with E-state index in [1.807, 2.05) is 36.6 Å². The summed E-state index contributed by atoms with van der Waals surface area (Å²) in [5.74, 6) is -1.37. The molecule has 1 heterocycles. The predicted molar refractivity (Wildman–Crippen MR) is 108 cm³/mol. The zero-order valence-electron chi connectivity index (χ0n) is 15.3. The van der Waals surface area contributed by atoms with Gasteiger partial charge in [-0.3, -0.25) is 9.59 Å². The minimum Gasteiger partial charge on any atom is -0.452 e. The number of thiophene rings is 1. The van der Waals surface area contributed by atoms with Gasteiger partial charge in [-0.2, -0.15) is 0 Å². The van der Waals surface area contributed by atoms with Crippen molar-refractivity contribution in [2.24, 2.45) is 0 Å². The number of carbonyl (C=O) groups excluding carboxylic acids is 3. The van der Waals surface area contributed by atoms with E-state index in [9.17, 15) is 14.4 Å². The summed E-state index contributed by atoms with van der Waals surface area (Å²) in [6, 6.07) is 17.4. The Hall–Kier alpha value is -3.25. The monoisotopic (exact) mass is 393 g/mol. The van der Waals surface area contributed by atoms with Gasteiger partial charge >= 0.3 is 5.97 Å². The first-order valence-corrected chi connectivity index (χ1v) is 9.59. The van der Waals surface area contributed by atoms with Crippen molar-refractivity contribution in [3.63, 3.8) is 0 Å². The Morgan fingerprint density at radius 1 is 0.929 bits per heavy atom. The van der Waals surface area contributed by atoms with Crippen LogP contribution in [0.4, 0.5) is 0 Å². The van der Waals surface area contributed by atoms with Gasteiger partial charge in [0.2, 0.25) is 0 Å². The molecule has 2 aromatic carbocycles. The second kappa shape index (κ2) is 9.10. The van der Waals surface area contributed by atoms with Crippen molar-refractivity contribution in [1.82, 2.24) is 5.32 Å². The van der Waals surface area contributed by atoms with Crippen LogP contribution in [0, 0.1) is 6.92 Å². The van der Waals surface area contributed by atoms with Crippen molar-refractivity contribution in [1.29, 1.82) is 0 Å². The number of ketones is 1. The van der Waals surface area contributed by atoms with Crippen molar-refractivity contribution in [3.8, 4) is 0 Å². The molecule has 0 fully saturated rings. The van der Waals surface area contributed by atoms with E-state index in [0.29, 0.717) is 12.1 Å². The lowest BCUT2D eigenvalue weighted by Crippen LogP contribution is -2.28. The highest BCUT2D eigenvalue weighted by Crippen LogP contribution is 2.16. The van der Waals surface area contributed by atoms with E-state index in [2.05, 4.69) is 5.32 Å². The van der Waals surface area contributed by atoms with Gasteiger partial charge in [0.05, 0.1) is 12.1 Å². The van der Waals surface area contributed by atoms with Crippen molar-refractivity contribution in [2.45, 2.75) is 13.5 Å². The Morgan fingerprint density at radius 3 is 2.32 bits per heavy atom. The molecule has 0 saturated carbocycles. The Balaban J connectivity index is 1.64. The number of amides is 1. The van der Waals surface area contributed by atoms with Crippen LogP contribution in [-0.2, 0) is 16.1 Å². The lowest BCUT2D eigenvalue weighted by Gasteiger charge is -2.09. The van der Waals surface area contributed by atoms with Crippen LogP contribution in [0.3, 0.4) is 0 Å². The third-order valence-corrected chi connectivity index (χ3v) is 4.96. The van der Waals surface area contributed by atoms with Crippen molar-refractivity contribution < 1.29 is 19.1 Å². The van der Waals surface area contributed by atoms with Gasteiger partial charge in [-0.05, 0) is 24.4 Å². The van der Waals surface area contributed by atoms with Crippen LogP contribution in [0.2, 0.25) is 0 Å². The molecule has 1 aromatic heterocycles. The molecule has 0 aliphatic heterocycles. The van der Waals surface area contributed by atoms with E-state index in [4.69, 9.17) is 4.74 Å². The molecule has 3 aromatic rings. The number of rotatable bonds is 7. The van der Waals surface area contributed by atoms with Crippen LogP contribution in [0.25, 0.3) is 0 Å². The van der Waals surface area contributed by atoms with Gasteiger partial charge in [-0.1, -0.05) is 54.1 Å². The van der Waals surface area contributed by atoms with Gasteiger partial charge in [0.15, 0.2) is 12.4 Å². The van der Waals surface area contributed by atoms with E-state index in [1.165, 1.54) is 17.4 Å². The van der Waals surface area contributed by atoms with Crippen LogP contribution in [0.5, 0.6) is 0 Å². The standard InChI is InChI=1S/C22H19NO4S/c1-15-8-10-16(11-9-15)21(25)18-6-2-3-7-19(18)22(26)27-14-20(24)23-13-17-5-4-12-28-17/h2-12H,13-14H2,1H3,(H,23,24). The van der Waals surface area contributed by atoms with Crippen LogP contribution in [0.1, 0.15) is 36.7 Å². The number of benzene rings is 2. The van der Waals surface area contributed by atoms with E-state index in [1.54, 1.807) is 30.3 Å². The molecule has 0 saturated heterocycles. The first kappa shape index (κ1) is 19.5. The summed E-state index contributed by atoms with van der Waals surface area (Å²) >= 11 is 1.53. The molecular formula is C22H19NO4S. The Labute approximate surface area is 167 Å². The molecule has 28 heavy (non-hydrogen) atoms. The van der Waals surface area contributed by atoms with E-state index < -0.39 is 18.5 Å². The predicted octanol–water partition coefficient (Wildman–Crippen LogP) is 3.76. The minimum absolute atomic E-state index is 0.138. The molecule has 0 radical (unpaired) electrons. The Kier molecular flexibility index (Phi) is 6.34. The molecule has 1 N–H and O–H groups in total. The molecule has 0 unspecified atom stereocenters. The van der Waals surface area contributed by atoms with Gasteiger partial charge < -0.3 is 10.1 Å². The van der Waals surface area contributed by atoms with Crippen LogP contribution in [0.15, 0.2) is 66.0 Å². The second-order valence-electron chi connectivity index (χ2n) is 6.17. The van der Waals surface area contributed by atoms with Gasteiger partial charge in [-0.15, -0.1) is 11.3 Å². The van der Waals surface area contributed by atoms with Crippen molar-refractivity contribution in [2.75, 3.05) is 6.61 Å². The smallest absolute Gasteiger partial charge is 0.339 e. The summed E-state index contributed by atoms with van der Waals surface area (Å²) in [6.07, 6.45) is 0. The number of esters is 1. The number of hydrogen-bond acceptors (Lipinski definition) is 5. The number of aryl methyl sites for hydroxylation is 1. The number of ether oxygens (including phenoxy) is 1. The largest absolute Gasteiger partial charge is 0.452 e. The number of carbonyl (C=O) groups is 3. The lowest BCUT2D eigenvalue weighted by molar-refractivity contribution is -0.124. The molecule has 0 atom stereocenters. The highest BCUT2D eigenvalue weighted by Gasteiger charge is 2.19. The minimum atomic E-state index is -0.706. The third kappa shape index (κ3) is 4.92. The molecule has 3 rings (SSSR count). The fourth-order valence-corrected chi connectivity index (χ4v) is 3.22. The average molecular weight is 393 g/mol. The zero-order valence-corrected chi connectivity index (χ0v) is 16.1. The fraction of sp³-hybridized carbons (Fsp3) is 0.136. The number of hydrogen-bond donors (Lipinski definition) is 1. The zero-order chi connectivity index (χ0) is 19.9. The summed E-state index contributed by atoms with van der Waals surface area (Å²) in [5, 5.41) is 4.61. The van der Waals surface area contributed by atoms with Crippen LogP contribution < -0.4 is 5.32 Å². The third-order valence-electron chi connectivity index (χ3n) is 4.08. The molecular weight excluding hydrogens is 374 g/mol. The van der Waals surface area contributed by atoms with Crippen molar-refractivity contribution in [3.05, 3.63) is 93.2 Å². The molecule has 0 aliphatic carbocycles. The van der Waals surface area contributed by atoms with Gasteiger partial charge in [0.25, 0.3) is 5.91 Å².